The van der Waals surface area contributed by atoms with Gasteiger partial charge in [-0.05, 0) is 69.4 Å². The Balaban J connectivity index is 1.15. The van der Waals surface area contributed by atoms with Gasteiger partial charge in [-0.25, -0.2) is 23.7 Å². The fourth-order valence-electron chi connectivity index (χ4n) is 4.90. The van der Waals surface area contributed by atoms with Crippen LogP contribution in [0.15, 0.2) is 27.7 Å². The van der Waals surface area contributed by atoms with Gasteiger partial charge in [0.2, 0.25) is 11.8 Å². The second-order valence-corrected chi connectivity index (χ2v) is 9.58. The summed E-state index contributed by atoms with van der Waals surface area (Å²) in [6, 6.07) is 3.66. The average Bonchev–Trinajstić information content (AvgIpc) is 3.14. The molecule has 1 amide bonds. The predicted molar refractivity (Wildman–Crippen MR) is 128 cm³/mol. The first-order chi connectivity index (χ1) is 16.9. The van der Waals surface area contributed by atoms with Crippen LogP contribution in [-0.4, -0.2) is 59.7 Å². The zero-order chi connectivity index (χ0) is 24.6. The molecule has 9 heteroatoms. The number of carbonyl (C=O) groups excluding carboxylic acids is 1. The predicted octanol–water partition coefficient (Wildman–Crippen LogP) is 4.46. The number of hydrogen-bond acceptors (Lipinski definition) is 6. The molecule has 7 nitrogen and oxygen atoms in total. The molecule has 1 fully saturated rings. The van der Waals surface area contributed by atoms with Gasteiger partial charge in [0.05, 0.1) is 6.20 Å². The molecule has 0 radical (unpaired) electrons. The molecule has 2 aliphatic rings. The van der Waals surface area contributed by atoms with Crippen molar-refractivity contribution in [2.24, 2.45) is 16.8 Å². The number of oxazole rings is 1. The normalized spacial score (nSPS) is 21.3. The number of nitrogens with zero attached hydrogens (tertiary/aromatic N) is 4. The van der Waals surface area contributed by atoms with Crippen molar-refractivity contribution in [3.8, 4) is 5.88 Å². The molecule has 1 saturated carbocycles. The van der Waals surface area contributed by atoms with E-state index in [-0.39, 0.29) is 18.2 Å². The van der Waals surface area contributed by atoms with Crippen LogP contribution in [0.1, 0.15) is 55.0 Å². The Bertz CT molecular complexity index is 1000. The zero-order valence-corrected chi connectivity index (χ0v) is 20.3. The number of aromatic nitrogens is 2. The molecule has 0 aromatic carbocycles. The molecule has 2 aromatic rings. The van der Waals surface area contributed by atoms with Crippen LogP contribution in [0.3, 0.4) is 0 Å². The van der Waals surface area contributed by atoms with Gasteiger partial charge in [0.1, 0.15) is 12.2 Å². The van der Waals surface area contributed by atoms with Crippen molar-refractivity contribution in [2.75, 3.05) is 26.2 Å². The monoisotopic (exact) mass is 488 g/mol. The third-order valence-corrected chi connectivity index (χ3v) is 6.91. The summed E-state index contributed by atoms with van der Waals surface area (Å²) in [5, 5.41) is 0. The summed E-state index contributed by atoms with van der Waals surface area (Å²) in [6.07, 6.45) is 8.39. The minimum Gasteiger partial charge on any atom is -0.472 e. The maximum Gasteiger partial charge on any atom is 0.272 e. The van der Waals surface area contributed by atoms with Crippen LogP contribution in [0.4, 0.5) is 8.78 Å². The Hall–Kier alpha value is -2.68. The first-order valence-corrected chi connectivity index (χ1v) is 12.5. The van der Waals surface area contributed by atoms with Crippen molar-refractivity contribution in [2.45, 2.75) is 64.7 Å². The Labute approximate surface area is 205 Å². The number of aryl methyl sites for hydroxylation is 1. The number of rotatable bonds is 9. The van der Waals surface area contributed by atoms with E-state index in [0.29, 0.717) is 23.5 Å². The lowest BCUT2D eigenvalue weighted by Crippen LogP contribution is -2.29. The van der Waals surface area contributed by atoms with Crippen LogP contribution in [0.25, 0.3) is 0 Å². The highest BCUT2D eigenvalue weighted by Crippen LogP contribution is 2.30. The summed E-state index contributed by atoms with van der Waals surface area (Å²) >= 11 is 0. The number of carbonyl (C=O) groups is 1. The fraction of sp³-hybridized carbons (Fsp3) is 0.615. The van der Waals surface area contributed by atoms with E-state index in [2.05, 4.69) is 19.9 Å². The molecule has 0 atom stereocenters. The number of fused-ring (bicyclic) bond motifs is 1. The van der Waals surface area contributed by atoms with Gasteiger partial charge in [-0.15, -0.1) is 0 Å². The minimum atomic E-state index is -2.50. The molecule has 0 spiro atoms. The van der Waals surface area contributed by atoms with Crippen molar-refractivity contribution < 1.29 is 22.7 Å². The second-order valence-electron chi connectivity index (χ2n) is 9.58. The van der Waals surface area contributed by atoms with E-state index in [4.69, 9.17) is 9.15 Å². The van der Waals surface area contributed by atoms with E-state index in [9.17, 15) is 13.6 Å². The number of aliphatic imine (C=N–C) groups is 1. The summed E-state index contributed by atoms with van der Waals surface area (Å²) in [5.41, 5.74) is 2.15. The van der Waals surface area contributed by atoms with Crippen molar-refractivity contribution >= 4 is 12.1 Å². The first-order valence-electron chi connectivity index (χ1n) is 12.5. The Kier molecular flexibility index (Phi) is 8.95. The first kappa shape index (κ1) is 25.4. The highest BCUT2D eigenvalue weighted by molar-refractivity contribution is 5.86. The lowest BCUT2D eigenvalue weighted by atomic mass is 9.81. The van der Waals surface area contributed by atoms with Crippen molar-refractivity contribution in [3.63, 3.8) is 0 Å². The highest BCUT2D eigenvalue weighted by Gasteiger charge is 2.22. The highest BCUT2D eigenvalue weighted by atomic mass is 19.3. The zero-order valence-electron chi connectivity index (χ0n) is 20.3. The molecule has 35 heavy (non-hydrogen) atoms. The van der Waals surface area contributed by atoms with Crippen LogP contribution in [-0.2, 0) is 24.1 Å². The molecule has 0 bridgehead atoms. The lowest BCUT2D eigenvalue weighted by molar-refractivity contribution is -0.117. The number of alkyl halides is 2. The maximum absolute atomic E-state index is 12.4. The fourth-order valence-corrected chi connectivity index (χ4v) is 4.90. The molecule has 190 valence electrons. The van der Waals surface area contributed by atoms with Crippen LogP contribution < -0.4 is 4.74 Å². The summed E-state index contributed by atoms with van der Waals surface area (Å²) in [4.78, 5) is 27.2. The van der Waals surface area contributed by atoms with Crippen molar-refractivity contribution in [1.82, 2.24) is 14.9 Å². The molecule has 1 aliphatic heterocycles. The van der Waals surface area contributed by atoms with E-state index in [1.54, 1.807) is 19.2 Å². The topological polar surface area (TPSA) is 80.8 Å². The van der Waals surface area contributed by atoms with Gasteiger partial charge >= 0.3 is 0 Å². The van der Waals surface area contributed by atoms with Gasteiger partial charge in [-0.2, -0.15) is 0 Å². The molecule has 4 rings (SSSR count). The van der Waals surface area contributed by atoms with E-state index in [1.165, 1.54) is 12.0 Å². The molecule has 2 aromatic heterocycles. The number of ether oxygens (including phenoxy) is 1. The molecular formula is C26H34F2N4O3. The largest absolute Gasteiger partial charge is 0.472 e. The van der Waals surface area contributed by atoms with Gasteiger partial charge in [0.15, 0.2) is 6.61 Å². The molecule has 0 unspecified atom stereocenters. The van der Waals surface area contributed by atoms with Crippen LogP contribution >= 0.6 is 0 Å². The maximum atomic E-state index is 12.4. The Morgan fingerprint density at radius 3 is 2.80 bits per heavy atom. The van der Waals surface area contributed by atoms with Gasteiger partial charge < -0.3 is 14.1 Å². The Morgan fingerprint density at radius 1 is 1.26 bits per heavy atom. The summed E-state index contributed by atoms with van der Waals surface area (Å²) in [5.74, 6) is 2.25. The molecule has 1 aliphatic carbocycles. The molecular weight excluding hydrogens is 454 g/mol. The summed E-state index contributed by atoms with van der Waals surface area (Å²) < 4.78 is 35.2. The van der Waals surface area contributed by atoms with E-state index in [0.717, 1.165) is 63.9 Å². The van der Waals surface area contributed by atoms with Crippen LogP contribution in [0, 0.1) is 18.8 Å². The summed E-state index contributed by atoms with van der Waals surface area (Å²) in [7, 11) is 0. The smallest absolute Gasteiger partial charge is 0.272 e. The molecule has 0 N–H and O–H groups in total. The van der Waals surface area contributed by atoms with Gasteiger partial charge in [-0.3, -0.25) is 4.79 Å². The minimum absolute atomic E-state index is 0.110. The number of amides is 1. The second kappa shape index (κ2) is 12.3. The summed E-state index contributed by atoms with van der Waals surface area (Å²) in [6.45, 7) is 4.15. The molecule has 0 saturated heterocycles. The van der Waals surface area contributed by atoms with E-state index >= 15 is 0 Å². The van der Waals surface area contributed by atoms with Gasteiger partial charge in [-0.1, -0.05) is 6.07 Å². The molecule has 3 heterocycles. The standard InChI is InChI=1S/C26H34F2N4O3/c1-18-15-30-26(35-18)14-24(33)29-16-20-4-2-19(3-5-20)8-11-32-12-9-21-6-7-25(34-17-23(27)28)31-22(21)10-13-32/h6-7,15-16,19-20,23H,2-5,8-14,17H2,1H3/b29-16+. The van der Waals surface area contributed by atoms with Crippen molar-refractivity contribution in [3.05, 3.63) is 41.2 Å². The third kappa shape index (κ3) is 7.92. The van der Waals surface area contributed by atoms with Crippen molar-refractivity contribution in [1.29, 1.82) is 0 Å². The Morgan fingerprint density at radius 2 is 2.06 bits per heavy atom. The number of halogens is 2. The van der Waals surface area contributed by atoms with E-state index < -0.39 is 13.0 Å². The lowest BCUT2D eigenvalue weighted by Gasteiger charge is -2.28. The number of pyridine rings is 1. The third-order valence-electron chi connectivity index (χ3n) is 6.91. The van der Waals surface area contributed by atoms with Crippen LogP contribution in [0.2, 0.25) is 0 Å². The quantitative estimate of drug-likeness (QED) is 0.485. The SMILES string of the molecule is Cc1cnc(CC(=O)/N=C/C2CCC(CCN3CCc4ccc(OCC(F)F)nc4CC3)CC2)o1. The van der Waals surface area contributed by atoms with E-state index in [1.807, 2.05) is 12.3 Å². The average molecular weight is 489 g/mol. The number of hydrogen-bond donors (Lipinski definition) is 0. The van der Waals surface area contributed by atoms with Gasteiger partial charge in [0.25, 0.3) is 12.3 Å². The van der Waals surface area contributed by atoms with Gasteiger partial charge in [0, 0.05) is 37.5 Å². The van der Waals surface area contributed by atoms with Crippen LogP contribution in [0.5, 0.6) is 5.88 Å².